The number of rotatable bonds is 2. The van der Waals surface area contributed by atoms with E-state index in [1.807, 2.05) is 6.07 Å². The molecule has 1 aromatic heterocycles. The SMILES string of the molecule is CC[C@H]1C[C@@H]2C[C@H]3c4[nH]c5ccc(OC)cc5c4CC[N+]([O-])(C2)[C@@H]13. The highest BCUT2D eigenvalue weighted by Crippen LogP contribution is 2.54. The van der Waals surface area contributed by atoms with Gasteiger partial charge in [0.05, 0.1) is 32.2 Å². The van der Waals surface area contributed by atoms with Gasteiger partial charge in [-0.3, -0.25) is 0 Å². The molecule has 4 nitrogen and oxygen atoms in total. The van der Waals surface area contributed by atoms with Crippen molar-refractivity contribution < 1.29 is 9.38 Å². The maximum absolute atomic E-state index is 13.7. The van der Waals surface area contributed by atoms with Gasteiger partial charge >= 0.3 is 0 Å². The summed E-state index contributed by atoms with van der Waals surface area (Å²) in [7, 11) is 1.72. The zero-order valence-electron chi connectivity index (χ0n) is 14.5. The molecule has 2 saturated heterocycles. The molecule has 24 heavy (non-hydrogen) atoms. The van der Waals surface area contributed by atoms with Gasteiger partial charge in [0, 0.05) is 34.9 Å². The summed E-state index contributed by atoms with van der Waals surface area (Å²) in [5.74, 6) is 2.51. The van der Waals surface area contributed by atoms with Crippen LogP contribution in [0.2, 0.25) is 0 Å². The second-order valence-corrected chi connectivity index (χ2v) is 8.14. The van der Waals surface area contributed by atoms with Crippen molar-refractivity contribution in [1.82, 2.24) is 4.98 Å². The molecule has 1 unspecified atom stereocenters. The van der Waals surface area contributed by atoms with E-state index in [4.69, 9.17) is 4.74 Å². The lowest BCUT2D eigenvalue weighted by Gasteiger charge is -2.62. The summed E-state index contributed by atoms with van der Waals surface area (Å²) in [5.41, 5.74) is 3.94. The van der Waals surface area contributed by atoms with Crippen molar-refractivity contribution in [2.24, 2.45) is 11.8 Å². The Bertz CT molecular complexity index is 798. The minimum Gasteiger partial charge on any atom is -0.633 e. The quantitative estimate of drug-likeness (QED) is 0.671. The van der Waals surface area contributed by atoms with Crippen LogP contribution < -0.4 is 4.74 Å². The minimum absolute atomic E-state index is 0.0574. The van der Waals surface area contributed by atoms with Crippen molar-refractivity contribution >= 4 is 10.9 Å². The number of H-pyrrole nitrogens is 1. The Balaban J connectivity index is 1.69. The number of fused-ring (bicyclic) bond motifs is 4. The van der Waals surface area contributed by atoms with Crippen molar-refractivity contribution in [1.29, 1.82) is 0 Å². The van der Waals surface area contributed by atoms with E-state index in [1.54, 1.807) is 7.11 Å². The smallest absolute Gasteiger partial charge is 0.119 e. The standard InChI is InChI=1S/C20H26N2O2/c1-3-13-8-12-9-17-19-15(6-7-22(23,11-12)20(13)17)16-10-14(24-2)4-5-18(16)21-19/h4-5,10,12-13,17,20-21H,3,6-9,11H2,1-2H3/t12-,13+,17+,20+,22?/m1/s1. The van der Waals surface area contributed by atoms with E-state index >= 15 is 0 Å². The molecule has 128 valence electrons. The Kier molecular flexibility index (Phi) is 3.08. The number of aromatic nitrogens is 1. The first-order valence-electron chi connectivity index (χ1n) is 9.39. The number of nitrogens with one attached hydrogen (secondary N) is 1. The number of ether oxygens (including phenoxy) is 1. The Hall–Kier alpha value is -1.52. The van der Waals surface area contributed by atoms with Gasteiger partial charge in [0.2, 0.25) is 0 Å². The largest absolute Gasteiger partial charge is 0.633 e. The molecule has 4 heteroatoms. The van der Waals surface area contributed by atoms with E-state index in [9.17, 15) is 5.21 Å². The average molecular weight is 326 g/mol. The predicted octanol–water partition coefficient (Wildman–Crippen LogP) is 3.95. The van der Waals surface area contributed by atoms with Crippen LogP contribution >= 0.6 is 0 Å². The predicted molar refractivity (Wildman–Crippen MR) is 95.0 cm³/mol. The molecule has 2 aromatic rings. The topological polar surface area (TPSA) is 48.1 Å². The van der Waals surface area contributed by atoms with Crippen LogP contribution in [0.5, 0.6) is 5.75 Å². The monoisotopic (exact) mass is 326 g/mol. The molecule has 4 bridgehead atoms. The molecular formula is C20H26N2O2. The fourth-order valence-electron chi connectivity index (χ4n) is 6.11. The zero-order chi connectivity index (χ0) is 16.5. The van der Waals surface area contributed by atoms with Crippen LogP contribution in [0.15, 0.2) is 18.2 Å². The Labute approximate surface area is 143 Å². The minimum atomic E-state index is 0.0574. The summed E-state index contributed by atoms with van der Waals surface area (Å²) >= 11 is 0. The Morgan fingerprint density at radius 1 is 1.33 bits per heavy atom. The highest BCUT2D eigenvalue weighted by Gasteiger charge is 2.55. The van der Waals surface area contributed by atoms with Gasteiger partial charge in [-0.15, -0.1) is 0 Å². The molecule has 3 fully saturated rings. The van der Waals surface area contributed by atoms with Crippen molar-refractivity contribution in [2.75, 3.05) is 20.2 Å². The third-order valence-electron chi connectivity index (χ3n) is 7.01. The van der Waals surface area contributed by atoms with Gasteiger partial charge in [0.1, 0.15) is 5.75 Å². The highest BCUT2D eigenvalue weighted by atomic mass is 16.5. The molecular weight excluding hydrogens is 300 g/mol. The summed E-state index contributed by atoms with van der Waals surface area (Å²) in [6.07, 6.45) is 4.50. The summed E-state index contributed by atoms with van der Waals surface area (Å²) in [6.45, 7) is 3.86. The van der Waals surface area contributed by atoms with E-state index in [-0.39, 0.29) is 10.7 Å². The van der Waals surface area contributed by atoms with E-state index < -0.39 is 0 Å². The van der Waals surface area contributed by atoms with Crippen molar-refractivity contribution in [3.63, 3.8) is 0 Å². The number of nitrogens with zero attached hydrogens (tertiary/aromatic N) is 1. The van der Waals surface area contributed by atoms with Gasteiger partial charge < -0.3 is 19.6 Å². The maximum Gasteiger partial charge on any atom is 0.119 e. The van der Waals surface area contributed by atoms with Crippen LogP contribution in [0.25, 0.3) is 10.9 Å². The average Bonchev–Trinajstić information content (AvgIpc) is 2.93. The van der Waals surface area contributed by atoms with E-state index in [0.717, 1.165) is 31.7 Å². The lowest BCUT2D eigenvalue weighted by molar-refractivity contribution is -0.925. The van der Waals surface area contributed by atoms with Crippen LogP contribution in [0, 0.1) is 17.0 Å². The second-order valence-electron chi connectivity index (χ2n) is 8.14. The number of hydroxylamine groups is 3. The van der Waals surface area contributed by atoms with Crippen molar-refractivity contribution in [2.45, 2.75) is 44.6 Å². The third-order valence-corrected chi connectivity index (χ3v) is 7.01. The van der Waals surface area contributed by atoms with Crippen LogP contribution in [-0.4, -0.2) is 35.9 Å². The normalized spacial score (nSPS) is 37.3. The molecule has 3 aliphatic heterocycles. The maximum atomic E-state index is 13.7. The third kappa shape index (κ3) is 1.87. The molecule has 1 saturated carbocycles. The van der Waals surface area contributed by atoms with E-state index in [2.05, 4.69) is 24.0 Å². The summed E-state index contributed by atoms with van der Waals surface area (Å²) in [5, 5.41) is 14.9. The zero-order valence-corrected chi connectivity index (χ0v) is 14.5. The lowest BCUT2D eigenvalue weighted by Crippen LogP contribution is -2.65. The van der Waals surface area contributed by atoms with Crippen LogP contribution in [0.4, 0.5) is 0 Å². The summed E-state index contributed by atoms with van der Waals surface area (Å²) < 4.78 is 5.48. The lowest BCUT2D eigenvalue weighted by atomic mass is 9.65. The molecule has 6 rings (SSSR count). The van der Waals surface area contributed by atoms with Gasteiger partial charge in [-0.25, -0.2) is 0 Å². The van der Waals surface area contributed by atoms with Gasteiger partial charge in [-0.2, -0.15) is 0 Å². The number of hydrogen-bond donors (Lipinski definition) is 1. The van der Waals surface area contributed by atoms with E-state index in [0.29, 0.717) is 17.8 Å². The molecule has 1 aliphatic carbocycles. The van der Waals surface area contributed by atoms with Gasteiger partial charge in [-0.1, -0.05) is 6.92 Å². The number of hydrogen-bond acceptors (Lipinski definition) is 2. The van der Waals surface area contributed by atoms with Crippen LogP contribution in [0.3, 0.4) is 0 Å². The van der Waals surface area contributed by atoms with E-state index in [1.165, 1.54) is 35.0 Å². The number of quaternary nitrogens is 1. The van der Waals surface area contributed by atoms with Crippen LogP contribution in [0.1, 0.15) is 43.4 Å². The number of benzene rings is 1. The van der Waals surface area contributed by atoms with Crippen molar-refractivity contribution in [3.8, 4) is 5.75 Å². The second kappa shape index (κ2) is 4.99. The fourth-order valence-corrected chi connectivity index (χ4v) is 6.11. The number of piperidine rings is 2. The van der Waals surface area contributed by atoms with Crippen molar-refractivity contribution in [3.05, 3.63) is 34.7 Å². The van der Waals surface area contributed by atoms with Gasteiger partial charge in [0.15, 0.2) is 0 Å². The number of aromatic amines is 1. The van der Waals surface area contributed by atoms with Crippen LogP contribution in [-0.2, 0) is 6.42 Å². The first-order chi connectivity index (χ1) is 11.6. The van der Waals surface area contributed by atoms with Gasteiger partial charge in [-0.05, 0) is 43.0 Å². The summed E-state index contributed by atoms with van der Waals surface area (Å²) in [4.78, 5) is 3.71. The van der Waals surface area contributed by atoms with Gasteiger partial charge in [0.25, 0.3) is 0 Å². The molecule has 1 aromatic carbocycles. The first-order valence-corrected chi connectivity index (χ1v) is 9.39. The fraction of sp³-hybridized carbons (Fsp3) is 0.600. The molecule has 0 radical (unpaired) electrons. The number of methoxy groups -OCH3 is 1. The molecule has 0 spiro atoms. The molecule has 4 aliphatic rings. The Morgan fingerprint density at radius 2 is 2.21 bits per heavy atom. The first kappa shape index (κ1) is 14.8. The molecule has 4 heterocycles. The summed E-state index contributed by atoms with van der Waals surface area (Å²) in [6, 6.07) is 6.55. The highest BCUT2D eigenvalue weighted by molar-refractivity contribution is 5.86. The molecule has 5 atom stereocenters. The molecule has 0 amide bonds. The molecule has 1 N–H and O–H groups in total. The Morgan fingerprint density at radius 3 is 3.00 bits per heavy atom.